The summed E-state index contributed by atoms with van der Waals surface area (Å²) >= 11 is 0. The zero-order valence-electron chi connectivity index (χ0n) is 22.5. The third-order valence-corrected chi connectivity index (χ3v) is 6.08. The van der Waals surface area contributed by atoms with Gasteiger partial charge in [-0.15, -0.1) is 5.06 Å². The number of nitrogens with zero attached hydrogens (tertiary/aromatic N) is 2. The van der Waals surface area contributed by atoms with Gasteiger partial charge in [0.25, 0.3) is 0 Å². The highest BCUT2D eigenvalue weighted by Gasteiger charge is 2.20. The molecular weight excluding hydrogens is 406 g/mol. The van der Waals surface area contributed by atoms with Crippen LogP contribution >= 0.6 is 0 Å². The van der Waals surface area contributed by atoms with Crippen LogP contribution in [0.1, 0.15) is 115 Å². The van der Waals surface area contributed by atoms with Gasteiger partial charge < -0.3 is 10.2 Å². The van der Waals surface area contributed by atoms with Crippen LogP contribution in [0.5, 0.6) is 0 Å². The highest BCUT2D eigenvalue weighted by Crippen LogP contribution is 2.36. The SMILES string of the molecule is CCN(CC)O/C(=N\c1c(C(C)C)cccc1C(C)C)Nc1c(C(C)C)cccc1C(C)C. The van der Waals surface area contributed by atoms with E-state index in [2.05, 4.69) is 111 Å². The third kappa shape index (κ3) is 6.83. The van der Waals surface area contributed by atoms with Crippen LogP contribution in [0.25, 0.3) is 0 Å². The van der Waals surface area contributed by atoms with Gasteiger partial charge in [0, 0.05) is 18.8 Å². The van der Waals surface area contributed by atoms with E-state index in [0.29, 0.717) is 29.7 Å². The third-order valence-electron chi connectivity index (χ3n) is 6.08. The molecule has 1 N–H and O–H groups in total. The quantitative estimate of drug-likeness (QED) is 0.236. The van der Waals surface area contributed by atoms with Crippen molar-refractivity contribution in [3.8, 4) is 0 Å². The Hall–Kier alpha value is -2.33. The van der Waals surface area contributed by atoms with Gasteiger partial charge in [-0.1, -0.05) is 91.8 Å². The summed E-state index contributed by atoms with van der Waals surface area (Å²) in [6.45, 7) is 23.6. The number of hydrogen-bond acceptors (Lipinski definition) is 3. The zero-order chi connectivity index (χ0) is 24.7. The van der Waals surface area contributed by atoms with Gasteiger partial charge in [-0.2, -0.15) is 4.99 Å². The molecule has 2 aromatic carbocycles. The van der Waals surface area contributed by atoms with Crippen molar-refractivity contribution in [1.82, 2.24) is 5.06 Å². The largest absolute Gasteiger partial charge is 0.367 e. The molecular formula is C29H45N3O. The lowest BCUT2D eigenvalue weighted by Gasteiger charge is -2.25. The maximum absolute atomic E-state index is 6.37. The van der Waals surface area contributed by atoms with Crippen molar-refractivity contribution >= 4 is 17.4 Å². The molecule has 2 rings (SSSR count). The summed E-state index contributed by atoms with van der Waals surface area (Å²) in [4.78, 5) is 11.5. The maximum Gasteiger partial charge on any atom is 0.314 e. The van der Waals surface area contributed by atoms with Gasteiger partial charge in [0.2, 0.25) is 0 Å². The van der Waals surface area contributed by atoms with E-state index >= 15 is 0 Å². The number of hydroxylamine groups is 2. The van der Waals surface area contributed by atoms with E-state index in [4.69, 9.17) is 9.83 Å². The Bertz CT molecular complexity index is 872. The number of benzene rings is 2. The van der Waals surface area contributed by atoms with Crippen LogP contribution in [0.3, 0.4) is 0 Å². The fraction of sp³-hybridized carbons (Fsp3) is 0.552. The molecule has 0 saturated heterocycles. The van der Waals surface area contributed by atoms with Crippen molar-refractivity contribution in [2.75, 3.05) is 18.4 Å². The molecule has 0 bridgehead atoms. The van der Waals surface area contributed by atoms with E-state index in [1.165, 1.54) is 22.3 Å². The van der Waals surface area contributed by atoms with E-state index in [0.717, 1.165) is 24.5 Å². The summed E-state index contributed by atoms with van der Waals surface area (Å²) in [5.74, 6) is 1.50. The van der Waals surface area contributed by atoms with Crippen molar-refractivity contribution in [3.05, 3.63) is 58.7 Å². The van der Waals surface area contributed by atoms with E-state index in [-0.39, 0.29) is 0 Å². The number of amidine groups is 1. The Morgan fingerprint density at radius 3 is 1.48 bits per heavy atom. The Labute approximate surface area is 202 Å². The Morgan fingerprint density at radius 2 is 1.12 bits per heavy atom. The summed E-state index contributed by atoms with van der Waals surface area (Å²) in [6, 6.07) is 13.6. The average Bonchev–Trinajstić information content (AvgIpc) is 2.76. The molecule has 0 amide bonds. The van der Waals surface area contributed by atoms with Crippen LogP contribution in [-0.4, -0.2) is 24.2 Å². The molecule has 0 saturated carbocycles. The molecule has 0 heterocycles. The first kappa shape index (κ1) is 26.9. The van der Waals surface area contributed by atoms with Gasteiger partial charge >= 0.3 is 6.02 Å². The molecule has 33 heavy (non-hydrogen) atoms. The fourth-order valence-electron chi connectivity index (χ4n) is 4.09. The van der Waals surface area contributed by atoms with Gasteiger partial charge in [-0.3, -0.25) is 0 Å². The molecule has 0 radical (unpaired) electrons. The molecule has 2 aromatic rings. The van der Waals surface area contributed by atoms with Gasteiger partial charge in [0.1, 0.15) is 0 Å². The first-order valence-corrected chi connectivity index (χ1v) is 12.6. The van der Waals surface area contributed by atoms with Crippen molar-refractivity contribution in [2.24, 2.45) is 4.99 Å². The highest BCUT2D eigenvalue weighted by molar-refractivity contribution is 5.93. The predicted octanol–water partition coefficient (Wildman–Crippen LogP) is 8.55. The lowest BCUT2D eigenvalue weighted by molar-refractivity contribution is -0.0634. The molecule has 182 valence electrons. The minimum Gasteiger partial charge on any atom is -0.367 e. The van der Waals surface area contributed by atoms with Crippen LogP contribution in [0.4, 0.5) is 11.4 Å². The average molecular weight is 452 g/mol. The van der Waals surface area contributed by atoms with Crippen LogP contribution in [0.2, 0.25) is 0 Å². The molecule has 0 spiro atoms. The number of nitrogens with one attached hydrogen (secondary N) is 1. The molecule has 0 aromatic heterocycles. The monoisotopic (exact) mass is 451 g/mol. The second-order valence-electron chi connectivity index (χ2n) is 9.96. The Balaban J connectivity index is 2.73. The minimum atomic E-state index is 0.367. The van der Waals surface area contributed by atoms with E-state index < -0.39 is 0 Å². The van der Waals surface area contributed by atoms with Gasteiger partial charge in [0.15, 0.2) is 0 Å². The zero-order valence-corrected chi connectivity index (χ0v) is 22.5. The molecule has 0 aliphatic rings. The van der Waals surface area contributed by atoms with E-state index in [1.807, 2.05) is 5.06 Å². The summed E-state index contributed by atoms with van der Waals surface area (Å²) in [5.41, 5.74) is 7.16. The maximum atomic E-state index is 6.37. The number of para-hydroxylation sites is 2. The summed E-state index contributed by atoms with van der Waals surface area (Å²) in [5, 5.41) is 5.58. The number of anilines is 1. The first-order chi connectivity index (χ1) is 15.6. The van der Waals surface area contributed by atoms with Crippen molar-refractivity contribution in [2.45, 2.75) is 92.9 Å². The fourth-order valence-corrected chi connectivity index (χ4v) is 4.09. The van der Waals surface area contributed by atoms with Gasteiger partial charge in [-0.25, -0.2) is 0 Å². The van der Waals surface area contributed by atoms with E-state index in [1.54, 1.807) is 0 Å². The van der Waals surface area contributed by atoms with Crippen LogP contribution in [0, 0.1) is 0 Å². The van der Waals surface area contributed by atoms with Crippen LogP contribution in [-0.2, 0) is 4.84 Å². The molecule has 0 fully saturated rings. The normalized spacial score (nSPS) is 12.5. The topological polar surface area (TPSA) is 36.9 Å². The minimum absolute atomic E-state index is 0.367. The summed E-state index contributed by atoms with van der Waals surface area (Å²) in [7, 11) is 0. The summed E-state index contributed by atoms with van der Waals surface area (Å²) < 4.78 is 0. The summed E-state index contributed by atoms with van der Waals surface area (Å²) in [6.07, 6.45) is 0. The molecule has 0 atom stereocenters. The second kappa shape index (κ2) is 12.2. The lowest BCUT2D eigenvalue weighted by atomic mass is 9.92. The number of aliphatic imine (C=N–C) groups is 1. The van der Waals surface area contributed by atoms with Crippen LogP contribution < -0.4 is 5.32 Å². The highest BCUT2D eigenvalue weighted by atomic mass is 16.7. The Kier molecular flexibility index (Phi) is 9.97. The molecule has 4 heteroatoms. The Morgan fingerprint density at radius 1 is 0.727 bits per heavy atom. The lowest BCUT2D eigenvalue weighted by Crippen LogP contribution is -2.31. The van der Waals surface area contributed by atoms with Crippen molar-refractivity contribution in [3.63, 3.8) is 0 Å². The smallest absolute Gasteiger partial charge is 0.314 e. The second-order valence-corrected chi connectivity index (χ2v) is 9.96. The van der Waals surface area contributed by atoms with Gasteiger partial charge in [-0.05, 0) is 59.8 Å². The van der Waals surface area contributed by atoms with Gasteiger partial charge in [0.05, 0.1) is 5.69 Å². The van der Waals surface area contributed by atoms with Crippen molar-refractivity contribution in [1.29, 1.82) is 0 Å². The number of hydrogen-bond donors (Lipinski definition) is 1. The molecule has 0 unspecified atom stereocenters. The van der Waals surface area contributed by atoms with Crippen LogP contribution in [0.15, 0.2) is 41.4 Å². The number of rotatable bonds is 9. The van der Waals surface area contributed by atoms with E-state index in [9.17, 15) is 0 Å². The van der Waals surface area contributed by atoms with Crippen molar-refractivity contribution < 1.29 is 4.84 Å². The predicted molar refractivity (Wildman–Crippen MR) is 144 cm³/mol. The standard InChI is InChI=1S/C29H45N3O/c1-11-32(12-2)33-29(30-27-23(19(3)4)15-13-16-24(27)20(5)6)31-28-25(21(7)8)17-14-18-26(28)22(9)10/h13-22H,11-12H2,1-10H3,(H,30,31). The molecule has 4 nitrogen and oxygen atoms in total. The molecule has 0 aliphatic heterocycles. The molecule has 0 aliphatic carbocycles. The first-order valence-electron chi connectivity index (χ1n) is 12.6.